The minimum atomic E-state index is -0.476. The van der Waals surface area contributed by atoms with E-state index in [0.717, 1.165) is 55.4 Å². The number of rotatable bonds is 7. The Hall–Kier alpha value is -5.03. The predicted molar refractivity (Wildman–Crippen MR) is 159 cm³/mol. The summed E-state index contributed by atoms with van der Waals surface area (Å²) in [7, 11) is 1.64. The molecule has 0 radical (unpaired) electrons. The van der Waals surface area contributed by atoms with Crippen LogP contribution in [0.25, 0.3) is 32.8 Å². The highest BCUT2D eigenvalue weighted by Crippen LogP contribution is 2.33. The number of aromatic nitrogens is 1. The van der Waals surface area contributed by atoms with Crippen LogP contribution in [0.1, 0.15) is 17.0 Å². The first-order chi connectivity index (χ1) is 19.6. The molecule has 40 heavy (non-hydrogen) atoms. The van der Waals surface area contributed by atoms with Crippen LogP contribution in [0.4, 0.5) is 10.1 Å². The average molecular weight is 527 g/mol. The molecular weight excluding hydrogens is 499 g/mol. The Morgan fingerprint density at radius 3 is 2.48 bits per heavy atom. The number of hydrogen-bond donors (Lipinski definition) is 1. The highest BCUT2D eigenvalue weighted by atomic mass is 19.1. The molecule has 196 valence electrons. The zero-order valence-corrected chi connectivity index (χ0v) is 22.0. The summed E-state index contributed by atoms with van der Waals surface area (Å²) in [6, 6.07) is 36.1. The normalized spacial score (nSPS) is 11.8. The van der Waals surface area contributed by atoms with Gasteiger partial charge in [-0.1, -0.05) is 78.9 Å². The van der Waals surface area contributed by atoms with Crippen molar-refractivity contribution in [2.75, 3.05) is 12.4 Å². The van der Waals surface area contributed by atoms with E-state index >= 15 is 0 Å². The molecule has 1 heterocycles. The molecule has 1 atom stereocenters. The predicted octanol–water partition coefficient (Wildman–Crippen LogP) is 8.17. The number of carbonyl (C=O) groups excluding carboxylic acids is 1. The molecule has 0 bridgehead atoms. The van der Waals surface area contributed by atoms with Gasteiger partial charge in [0.05, 0.1) is 18.5 Å². The summed E-state index contributed by atoms with van der Waals surface area (Å²) in [5.74, 6) is -0.143. The van der Waals surface area contributed by atoms with E-state index in [-0.39, 0.29) is 11.7 Å². The monoisotopic (exact) mass is 526 g/mol. The van der Waals surface area contributed by atoms with Crippen LogP contribution in [-0.2, 0) is 11.2 Å². The number of pyridine rings is 1. The molecule has 1 amide bonds. The summed E-state index contributed by atoms with van der Waals surface area (Å²) in [5.41, 5.74) is 5.13. The van der Waals surface area contributed by atoms with Gasteiger partial charge in [-0.25, -0.2) is 4.39 Å². The summed E-state index contributed by atoms with van der Waals surface area (Å²) < 4.78 is 19.7. The quantitative estimate of drug-likeness (QED) is 0.228. The van der Waals surface area contributed by atoms with E-state index in [2.05, 4.69) is 10.3 Å². The molecule has 0 spiro atoms. The van der Waals surface area contributed by atoms with Crippen molar-refractivity contribution in [1.29, 1.82) is 0 Å². The molecular formula is C35H27FN2O2. The number of ether oxygens (including phenoxy) is 1. The van der Waals surface area contributed by atoms with Crippen molar-refractivity contribution in [3.05, 3.63) is 138 Å². The molecule has 6 rings (SSSR count). The molecule has 4 nitrogen and oxygen atoms in total. The first kappa shape index (κ1) is 25.3. The lowest BCUT2D eigenvalue weighted by Gasteiger charge is -2.20. The van der Waals surface area contributed by atoms with Gasteiger partial charge < -0.3 is 10.1 Å². The molecule has 0 aliphatic rings. The van der Waals surface area contributed by atoms with E-state index in [0.29, 0.717) is 6.42 Å². The van der Waals surface area contributed by atoms with Gasteiger partial charge in [0.2, 0.25) is 5.91 Å². The molecule has 0 unspecified atom stereocenters. The number of benzene rings is 5. The third kappa shape index (κ3) is 5.02. The summed E-state index contributed by atoms with van der Waals surface area (Å²) in [6.45, 7) is 0. The summed E-state index contributed by atoms with van der Waals surface area (Å²) in [4.78, 5) is 18.3. The van der Waals surface area contributed by atoms with Crippen LogP contribution in [0.5, 0.6) is 5.75 Å². The molecule has 6 aromatic rings. The summed E-state index contributed by atoms with van der Waals surface area (Å²) in [6.07, 6.45) is 2.19. The standard InChI is InChI=1S/C35H27FN2O2/c1-40-34-12-5-3-8-26(34)21-30(35(39)38-33-11-6-9-23-7-2-4-10-29(23)33)25-15-13-24(14-16-25)28-19-20-37-32-18-17-27(36)22-31(28)32/h2-20,22,30H,21H2,1H3,(H,38,39)/t30-/m1/s1. The van der Waals surface area contributed by atoms with Crippen LogP contribution in [0.3, 0.4) is 0 Å². The highest BCUT2D eigenvalue weighted by molar-refractivity contribution is 6.04. The topological polar surface area (TPSA) is 51.2 Å². The lowest BCUT2D eigenvalue weighted by Crippen LogP contribution is -2.23. The minimum Gasteiger partial charge on any atom is -0.496 e. The Balaban J connectivity index is 1.38. The molecule has 0 aliphatic carbocycles. The van der Waals surface area contributed by atoms with E-state index in [1.54, 1.807) is 19.4 Å². The van der Waals surface area contributed by atoms with Crippen molar-refractivity contribution in [2.45, 2.75) is 12.3 Å². The number of carbonyl (C=O) groups is 1. The number of methoxy groups -OCH3 is 1. The number of nitrogens with zero attached hydrogens (tertiary/aromatic N) is 1. The third-order valence-electron chi connectivity index (χ3n) is 7.31. The van der Waals surface area contributed by atoms with E-state index in [4.69, 9.17) is 4.74 Å². The smallest absolute Gasteiger partial charge is 0.232 e. The van der Waals surface area contributed by atoms with E-state index < -0.39 is 5.92 Å². The maximum Gasteiger partial charge on any atom is 0.232 e. The van der Waals surface area contributed by atoms with Crippen LogP contribution in [0.15, 0.2) is 121 Å². The van der Waals surface area contributed by atoms with Gasteiger partial charge in [-0.15, -0.1) is 0 Å². The van der Waals surface area contributed by atoms with E-state index in [9.17, 15) is 9.18 Å². The number of nitrogens with one attached hydrogen (secondary N) is 1. The van der Waals surface area contributed by atoms with E-state index in [1.165, 1.54) is 12.1 Å². The van der Waals surface area contributed by atoms with Crippen molar-refractivity contribution >= 4 is 33.3 Å². The SMILES string of the molecule is COc1ccccc1C[C@@H](C(=O)Nc1cccc2ccccc12)c1ccc(-c2ccnc3ccc(F)cc23)cc1. The number of hydrogen-bond acceptors (Lipinski definition) is 3. The Labute approximate surface area is 232 Å². The van der Waals surface area contributed by atoms with E-state index in [1.807, 2.05) is 97.1 Å². The summed E-state index contributed by atoms with van der Waals surface area (Å²) >= 11 is 0. The Morgan fingerprint density at radius 1 is 0.850 bits per heavy atom. The van der Waals surface area contributed by atoms with Gasteiger partial charge in [-0.05, 0) is 70.5 Å². The molecule has 0 saturated heterocycles. The number of amides is 1. The Bertz CT molecular complexity index is 1830. The fraction of sp³-hybridized carbons (Fsp3) is 0.0857. The van der Waals surface area contributed by atoms with Crippen LogP contribution in [-0.4, -0.2) is 18.0 Å². The van der Waals surface area contributed by atoms with Gasteiger partial charge in [-0.3, -0.25) is 9.78 Å². The minimum absolute atomic E-state index is 0.105. The highest BCUT2D eigenvalue weighted by Gasteiger charge is 2.24. The zero-order valence-electron chi connectivity index (χ0n) is 22.0. The first-order valence-corrected chi connectivity index (χ1v) is 13.2. The molecule has 1 aromatic heterocycles. The maximum atomic E-state index is 14.1. The fourth-order valence-electron chi connectivity index (χ4n) is 5.27. The lowest BCUT2D eigenvalue weighted by molar-refractivity contribution is -0.117. The fourth-order valence-corrected chi connectivity index (χ4v) is 5.27. The van der Waals surface area contributed by atoms with Crippen LogP contribution in [0.2, 0.25) is 0 Å². The van der Waals surface area contributed by atoms with Gasteiger partial charge in [0.1, 0.15) is 11.6 Å². The molecule has 0 aliphatic heterocycles. The van der Waals surface area contributed by atoms with Crippen molar-refractivity contribution in [3.8, 4) is 16.9 Å². The van der Waals surface area contributed by atoms with Crippen molar-refractivity contribution in [3.63, 3.8) is 0 Å². The number of anilines is 1. The first-order valence-electron chi connectivity index (χ1n) is 13.2. The van der Waals surface area contributed by atoms with Crippen LogP contribution in [0, 0.1) is 5.82 Å². The van der Waals surface area contributed by atoms with Gasteiger partial charge in [0, 0.05) is 22.7 Å². The van der Waals surface area contributed by atoms with Gasteiger partial charge in [-0.2, -0.15) is 0 Å². The molecule has 1 N–H and O–H groups in total. The number of fused-ring (bicyclic) bond motifs is 2. The maximum absolute atomic E-state index is 14.1. The molecule has 0 fully saturated rings. The number of para-hydroxylation sites is 1. The second kappa shape index (κ2) is 11.0. The number of halogens is 1. The van der Waals surface area contributed by atoms with Crippen molar-refractivity contribution in [2.24, 2.45) is 0 Å². The Morgan fingerprint density at radius 2 is 1.62 bits per heavy atom. The third-order valence-corrected chi connectivity index (χ3v) is 7.31. The molecule has 0 saturated carbocycles. The lowest BCUT2D eigenvalue weighted by atomic mass is 9.89. The summed E-state index contributed by atoms with van der Waals surface area (Å²) in [5, 5.41) is 5.98. The van der Waals surface area contributed by atoms with Crippen LogP contribution < -0.4 is 10.1 Å². The average Bonchev–Trinajstić information content (AvgIpc) is 3.00. The van der Waals surface area contributed by atoms with Gasteiger partial charge >= 0.3 is 0 Å². The van der Waals surface area contributed by atoms with Gasteiger partial charge in [0.15, 0.2) is 0 Å². The molecule has 5 heteroatoms. The van der Waals surface area contributed by atoms with Crippen molar-refractivity contribution < 1.29 is 13.9 Å². The van der Waals surface area contributed by atoms with Crippen molar-refractivity contribution in [1.82, 2.24) is 4.98 Å². The van der Waals surface area contributed by atoms with Crippen LogP contribution >= 0.6 is 0 Å². The van der Waals surface area contributed by atoms with Gasteiger partial charge in [0.25, 0.3) is 0 Å². The molecule has 5 aromatic carbocycles. The largest absolute Gasteiger partial charge is 0.496 e. The zero-order chi connectivity index (χ0) is 27.5. The Kier molecular flexibility index (Phi) is 6.94. The second-order valence-corrected chi connectivity index (χ2v) is 9.73. The second-order valence-electron chi connectivity index (χ2n) is 9.73.